The van der Waals surface area contributed by atoms with E-state index in [0.717, 1.165) is 4.91 Å². The van der Waals surface area contributed by atoms with Crippen LogP contribution in [0.4, 0.5) is 0 Å². The van der Waals surface area contributed by atoms with E-state index in [1.54, 1.807) is 0 Å². The van der Waals surface area contributed by atoms with Crippen molar-refractivity contribution < 1.29 is 0 Å². The molecule has 0 atom stereocenters. The lowest BCUT2D eigenvalue weighted by Crippen LogP contribution is -2.30. The summed E-state index contributed by atoms with van der Waals surface area (Å²) in [5, 5.41) is 1.45. The normalized spacial score (nSPS) is 16.4. The smallest absolute Gasteiger partial charge is 0.0508 e. The first kappa shape index (κ1) is 7.67. The molecular formula is C8H9N3S. The summed E-state index contributed by atoms with van der Waals surface area (Å²) in [5.41, 5.74) is 1.18. The summed E-state index contributed by atoms with van der Waals surface area (Å²) < 4.78 is 0. The third kappa shape index (κ3) is 1.45. The molecule has 1 aromatic rings. The third-order valence-electron chi connectivity index (χ3n) is 1.58. The minimum atomic E-state index is 1.14. The van der Waals surface area contributed by atoms with Gasteiger partial charge in [-0.3, -0.25) is 0 Å². The average molecular weight is 179 g/mol. The van der Waals surface area contributed by atoms with Gasteiger partial charge in [0.2, 0.25) is 0 Å². The first-order valence-corrected chi connectivity index (χ1v) is 4.41. The number of hydrogen-bond acceptors (Lipinski definition) is 4. The molecule has 12 heavy (non-hydrogen) atoms. The highest BCUT2D eigenvalue weighted by atomic mass is 32.2. The molecule has 3 nitrogen and oxygen atoms in total. The van der Waals surface area contributed by atoms with Gasteiger partial charge < -0.3 is 0 Å². The molecule has 0 saturated carbocycles. The molecule has 0 unspecified atom stereocenters. The van der Waals surface area contributed by atoms with Crippen molar-refractivity contribution in [3.8, 4) is 0 Å². The summed E-state index contributed by atoms with van der Waals surface area (Å²) >= 11 is 1.52. The highest BCUT2D eigenvalue weighted by Gasteiger charge is 2.10. The molecule has 0 fully saturated rings. The molecular weight excluding hydrogens is 170 g/mol. The second-order valence-electron chi connectivity index (χ2n) is 2.46. The molecule has 0 amide bonds. The minimum Gasteiger partial charge on any atom is -0.240 e. The first-order chi connectivity index (χ1) is 5.86. The van der Waals surface area contributed by atoms with Gasteiger partial charge in [0.05, 0.1) is 11.1 Å². The van der Waals surface area contributed by atoms with Crippen LogP contribution in [0.2, 0.25) is 0 Å². The number of rotatable bonds is 1. The third-order valence-corrected chi connectivity index (χ3v) is 2.44. The summed E-state index contributed by atoms with van der Waals surface area (Å²) in [5.74, 6) is 5.49. The van der Waals surface area contributed by atoms with Gasteiger partial charge in [0.1, 0.15) is 0 Å². The van der Waals surface area contributed by atoms with E-state index in [9.17, 15) is 0 Å². The van der Waals surface area contributed by atoms with Crippen LogP contribution in [-0.4, -0.2) is 5.12 Å². The van der Waals surface area contributed by atoms with Gasteiger partial charge in [-0.1, -0.05) is 30.3 Å². The van der Waals surface area contributed by atoms with E-state index in [1.165, 1.54) is 22.6 Å². The molecule has 3 N–H and O–H groups in total. The Morgan fingerprint density at radius 3 is 2.58 bits per heavy atom. The van der Waals surface area contributed by atoms with Crippen molar-refractivity contribution in [1.82, 2.24) is 9.95 Å². The number of nitrogens with zero attached hydrogens (tertiary/aromatic N) is 1. The van der Waals surface area contributed by atoms with Crippen molar-refractivity contribution in [3.63, 3.8) is 0 Å². The Labute approximate surface area is 75.3 Å². The van der Waals surface area contributed by atoms with E-state index in [0.29, 0.717) is 0 Å². The van der Waals surface area contributed by atoms with Gasteiger partial charge in [-0.05, 0) is 17.5 Å². The van der Waals surface area contributed by atoms with E-state index in [2.05, 4.69) is 17.0 Å². The van der Waals surface area contributed by atoms with Crippen LogP contribution in [0.5, 0.6) is 0 Å². The van der Waals surface area contributed by atoms with Crippen molar-refractivity contribution in [1.29, 1.82) is 0 Å². The van der Waals surface area contributed by atoms with Crippen molar-refractivity contribution in [3.05, 3.63) is 42.1 Å². The van der Waals surface area contributed by atoms with Gasteiger partial charge in [0.25, 0.3) is 0 Å². The second kappa shape index (κ2) is 3.18. The Morgan fingerprint density at radius 1 is 1.25 bits per heavy atom. The Bertz CT molecular complexity index is 296. The zero-order valence-corrected chi connectivity index (χ0v) is 7.21. The van der Waals surface area contributed by atoms with Crippen molar-refractivity contribution >= 4 is 16.9 Å². The van der Waals surface area contributed by atoms with Gasteiger partial charge in [-0.15, -0.1) is 0 Å². The lowest BCUT2D eigenvalue weighted by Gasteiger charge is -2.02. The molecule has 0 spiro atoms. The maximum Gasteiger partial charge on any atom is 0.0508 e. The van der Waals surface area contributed by atoms with Crippen LogP contribution < -0.4 is 10.7 Å². The van der Waals surface area contributed by atoms with Crippen LogP contribution in [0, 0.1) is 0 Å². The Hall–Kier alpha value is -0.970. The van der Waals surface area contributed by atoms with Crippen LogP contribution in [0.25, 0.3) is 4.91 Å². The molecule has 1 aliphatic rings. The summed E-state index contributed by atoms with van der Waals surface area (Å²) in [6.45, 7) is 0. The fourth-order valence-corrected chi connectivity index (χ4v) is 1.69. The molecule has 1 aromatic carbocycles. The summed E-state index contributed by atoms with van der Waals surface area (Å²) in [7, 11) is 0. The van der Waals surface area contributed by atoms with Crippen LogP contribution >= 0.6 is 11.9 Å². The Kier molecular flexibility index (Phi) is 2.03. The molecule has 1 aliphatic heterocycles. The summed E-state index contributed by atoms with van der Waals surface area (Å²) in [6, 6.07) is 10.1. The number of nitrogens with one attached hydrogen (secondary N) is 1. The SMILES string of the molecule is NN1C=C(c2ccccc2)SN1. The van der Waals surface area contributed by atoms with Crippen LogP contribution in [-0.2, 0) is 0 Å². The summed E-state index contributed by atoms with van der Waals surface area (Å²) in [6.07, 6.45) is 1.86. The van der Waals surface area contributed by atoms with Gasteiger partial charge in [0, 0.05) is 0 Å². The number of nitrogens with two attached hydrogens (primary N) is 1. The van der Waals surface area contributed by atoms with Crippen LogP contribution in [0.1, 0.15) is 5.56 Å². The Morgan fingerprint density at radius 2 is 2.00 bits per heavy atom. The van der Waals surface area contributed by atoms with Crippen molar-refractivity contribution in [2.75, 3.05) is 0 Å². The topological polar surface area (TPSA) is 41.3 Å². The first-order valence-electron chi connectivity index (χ1n) is 3.60. The summed E-state index contributed by atoms with van der Waals surface area (Å²) in [4.78, 5) is 4.04. The monoisotopic (exact) mass is 179 g/mol. The van der Waals surface area contributed by atoms with Crippen LogP contribution in [0.15, 0.2) is 36.5 Å². The number of hydrazine groups is 2. The molecule has 0 aliphatic carbocycles. The molecule has 1 heterocycles. The fourth-order valence-electron chi connectivity index (χ4n) is 1.02. The van der Waals surface area contributed by atoms with Crippen molar-refractivity contribution in [2.24, 2.45) is 5.84 Å². The molecule has 0 radical (unpaired) electrons. The van der Waals surface area contributed by atoms with Gasteiger partial charge >= 0.3 is 0 Å². The second-order valence-corrected chi connectivity index (χ2v) is 3.29. The van der Waals surface area contributed by atoms with Gasteiger partial charge in [-0.2, -0.15) is 4.83 Å². The van der Waals surface area contributed by atoms with E-state index >= 15 is 0 Å². The number of benzene rings is 1. The fraction of sp³-hybridized carbons (Fsp3) is 0. The van der Waals surface area contributed by atoms with E-state index in [1.807, 2.05) is 24.4 Å². The number of hydrogen-bond donors (Lipinski definition) is 2. The van der Waals surface area contributed by atoms with Crippen molar-refractivity contribution in [2.45, 2.75) is 0 Å². The molecule has 4 heteroatoms. The van der Waals surface area contributed by atoms with E-state index < -0.39 is 0 Å². The predicted molar refractivity (Wildman–Crippen MR) is 51.2 cm³/mol. The maximum atomic E-state index is 5.49. The minimum absolute atomic E-state index is 1.14. The Balaban J connectivity index is 2.27. The average Bonchev–Trinajstić information content (AvgIpc) is 2.54. The molecule has 0 saturated heterocycles. The lowest BCUT2D eigenvalue weighted by molar-refractivity contribution is 0.380. The van der Waals surface area contributed by atoms with E-state index in [4.69, 9.17) is 5.84 Å². The highest BCUT2D eigenvalue weighted by molar-refractivity contribution is 8.06. The molecule has 2 rings (SSSR count). The van der Waals surface area contributed by atoms with Gasteiger partial charge in [0.15, 0.2) is 0 Å². The highest BCUT2D eigenvalue weighted by Crippen LogP contribution is 2.28. The largest absolute Gasteiger partial charge is 0.240 e. The predicted octanol–water partition coefficient (Wildman–Crippen LogP) is 1.33. The van der Waals surface area contributed by atoms with Crippen LogP contribution in [0.3, 0.4) is 0 Å². The molecule has 0 bridgehead atoms. The lowest BCUT2D eigenvalue weighted by atomic mass is 10.2. The maximum absolute atomic E-state index is 5.49. The quantitative estimate of drug-likeness (QED) is 0.504. The van der Waals surface area contributed by atoms with E-state index in [-0.39, 0.29) is 0 Å². The molecule has 0 aromatic heterocycles. The zero-order chi connectivity index (χ0) is 8.39. The zero-order valence-electron chi connectivity index (χ0n) is 6.40. The molecule has 62 valence electrons. The van der Waals surface area contributed by atoms with Gasteiger partial charge in [-0.25, -0.2) is 11.0 Å². The standard InChI is InChI=1S/C8H9N3S/c9-11-6-8(12-10-11)7-4-2-1-3-5-7/h1-6,10H,9H2.